The first-order valence-electron chi connectivity index (χ1n) is 6.65. The van der Waals surface area contributed by atoms with Crippen LogP contribution in [0.15, 0.2) is 38.5 Å². The van der Waals surface area contributed by atoms with E-state index in [1.54, 1.807) is 13.8 Å². The largest absolute Gasteiger partial charge is 0.494 e. The fourth-order valence-corrected chi connectivity index (χ4v) is 2.35. The van der Waals surface area contributed by atoms with E-state index in [2.05, 4.69) is 20.9 Å². The third-order valence-corrected chi connectivity index (χ3v) is 3.86. The van der Waals surface area contributed by atoms with Gasteiger partial charge < -0.3 is 5.11 Å². The van der Waals surface area contributed by atoms with Crippen molar-refractivity contribution in [1.82, 2.24) is 4.57 Å². The zero-order valence-corrected chi connectivity index (χ0v) is 13.8. The van der Waals surface area contributed by atoms with Crippen LogP contribution in [-0.2, 0) is 6.54 Å². The lowest BCUT2D eigenvalue weighted by atomic mass is 10.1. The number of aromatic hydroxyl groups is 1. The summed E-state index contributed by atoms with van der Waals surface area (Å²) in [5.74, 6) is -0.176. The van der Waals surface area contributed by atoms with Crippen molar-refractivity contribution in [2.24, 2.45) is 4.99 Å². The molecule has 112 valence electrons. The van der Waals surface area contributed by atoms with E-state index in [-0.39, 0.29) is 18.0 Å². The fourth-order valence-electron chi connectivity index (χ4n) is 2.09. The molecule has 2 rings (SSSR count). The minimum Gasteiger partial charge on any atom is -0.494 e. The summed E-state index contributed by atoms with van der Waals surface area (Å²) in [5, 5.41) is 19.4. The van der Waals surface area contributed by atoms with Gasteiger partial charge in [0.2, 0.25) is 5.88 Å². The first-order chi connectivity index (χ1) is 10.5. The molecule has 0 fully saturated rings. The molecule has 0 aliphatic carbocycles. The Labute approximate surface area is 136 Å². The van der Waals surface area contributed by atoms with Crippen molar-refractivity contribution < 1.29 is 5.11 Å². The molecule has 0 amide bonds. The summed E-state index contributed by atoms with van der Waals surface area (Å²) >= 11 is 3.34. The highest BCUT2D eigenvalue weighted by Gasteiger charge is 2.16. The highest BCUT2D eigenvalue weighted by Crippen LogP contribution is 2.22. The van der Waals surface area contributed by atoms with Gasteiger partial charge in [0.25, 0.3) is 5.56 Å². The number of nitriles is 1. The Kier molecular flexibility index (Phi) is 4.78. The molecule has 0 aliphatic rings. The molecule has 6 heteroatoms. The molecule has 22 heavy (non-hydrogen) atoms. The van der Waals surface area contributed by atoms with E-state index in [0.717, 1.165) is 9.04 Å². The summed E-state index contributed by atoms with van der Waals surface area (Å²) in [4.78, 5) is 16.4. The van der Waals surface area contributed by atoms with Crippen molar-refractivity contribution in [1.29, 1.82) is 5.26 Å². The number of aromatic nitrogens is 1. The molecule has 0 atom stereocenters. The molecule has 0 saturated carbocycles. The maximum Gasteiger partial charge on any atom is 0.271 e. The lowest BCUT2D eigenvalue weighted by molar-refractivity contribution is 0.409. The number of rotatable bonds is 3. The summed E-state index contributed by atoms with van der Waals surface area (Å²) in [6.45, 7) is 3.63. The molecule has 5 nitrogen and oxygen atoms in total. The van der Waals surface area contributed by atoms with Gasteiger partial charge in [-0.25, -0.2) is 0 Å². The van der Waals surface area contributed by atoms with Gasteiger partial charge in [0.05, 0.1) is 11.3 Å². The summed E-state index contributed by atoms with van der Waals surface area (Å²) in [6, 6.07) is 9.23. The molecule has 0 unspecified atom stereocenters. The third-order valence-electron chi connectivity index (χ3n) is 3.33. The summed E-state index contributed by atoms with van der Waals surface area (Å²) in [6.07, 6.45) is 1.47. The average Bonchev–Trinajstić information content (AvgIpc) is 2.50. The molecule has 0 bridgehead atoms. The van der Waals surface area contributed by atoms with Gasteiger partial charge in [-0.15, -0.1) is 0 Å². The number of aliphatic imine (C=N–C) groups is 1. The van der Waals surface area contributed by atoms with E-state index in [9.17, 15) is 9.90 Å². The molecular weight excluding hydrogens is 346 g/mol. The molecule has 1 aromatic heterocycles. The molecule has 1 heterocycles. The molecule has 2 aromatic rings. The van der Waals surface area contributed by atoms with Gasteiger partial charge in [0.15, 0.2) is 0 Å². The Morgan fingerprint density at radius 3 is 2.59 bits per heavy atom. The average molecular weight is 360 g/mol. The van der Waals surface area contributed by atoms with Crippen LogP contribution in [-0.4, -0.2) is 15.9 Å². The number of pyridine rings is 1. The van der Waals surface area contributed by atoms with E-state index in [0.29, 0.717) is 16.8 Å². The van der Waals surface area contributed by atoms with E-state index >= 15 is 0 Å². The number of benzene rings is 1. The van der Waals surface area contributed by atoms with Crippen molar-refractivity contribution >= 4 is 27.8 Å². The second-order valence-electron chi connectivity index (χ2n) is 4.63. The van der Waals surface area contributed by atoms with E-state index in [1.165, 1.54) is 6.21 Å². The van der Waals surface area contributed by atoms with Crippen molar-refractivity contribution in [3.63, 3.8) is 0 Å². The Bertz CT molecular complexity index is 830. The van der Waals surface area contributed by atoms with Crippen LogP contribution in [0.5, 0.6) is 5.88 Å². The second kappa shape index (κ2) is 6.58. The minimum atomic E-state index is -0.485. The molecule has 1 N–H and O–H groups in total. The number of hydrogen-bond donors (Lipinski definition) is 1. The van der Waals surface area contributed by atoms with Gasteiger partial charge in [-0.3, -0.25) is 14.4 Å². The first kappa shape index (κ1) is 16.0. The van der Waals surface area contributed by atoms with E-state index < -0.39 is 5.56 Å². The molecule has 1 aromatic carbocycles. The van der Waals surface area contributed by atoms with Crippen LogP contribution < -0.4 is 5.56 Å². The Morgan fingerprint density at radius 1 is 1.41 bits per heavy atom. The number of nitrogens with zero attached hydrogens (tertiary/aromatic N) is 3. The molecule has 0 saturated heterocycles. The SMILES string of the molecule is CCn1c(O)c(C=Nc2ccc(Br)cc2)c(C)c(C#N)c1=O. The monoisotopic (exact) mass is 359 g/mol. The molecular formula is C16H14BrN3O2. The van der Waals surface area contributed by atoms with Crippen LogP contribution in [0.1, 0.15) is 23.6 Å². The van der Waals surface area contributed by atoms with E-state index in [4.69, 9.17) is 5.26 Å². The Morgan fingerprint density at radius 2 is 2.05 bits per heavy atom. The normalized spacial score (nSPS) is 10.8. The van der Waals surface area contributed by atoms with Crippen molar-refractivity contribution in [2.45, 2.75) is 20.4 Å². The first-order valence-corrected chi connectivity index (χ1v) is 7.45. The highest BCUT2D eigenvalue weighted by molar-refractivity contribution is 9.10. The van der Waals surface area contributed by atoms with Gasteiger partial charge in [-0.1, -0.05) is 15.9 Å². The van der Waals surface area contributed by atoms with Gasteiger partial charge in [-0.05, 0) is 43.7 Å². The molecule has 0 radical (unpaired) electrons. The predicted molar refractivity (Wildman–Crippen MR) is 88.9 cm³/mol. The quantitative estimate of drug-likeness (QED) is 0.854. The topological polar surface area (TPSA) is 78.4 Å². The number of hydrogen-bond acceptors (Lipinski definition) is 4. The molecule has 0 spiro atoms. The third kappa shape index (κ3) is 2.95. The van der Waals surface area contributed by atoms with Gasteiger partial charge in [-0.2, -0.15) is 5.26 Å². The number of halogens is 1. The van der Waals surface area contributed by atoms with Crippen molar-refractivity contribution in [3.05, 3.63) is 55.8 Å². The predicted octanol–water partition coefficient (Wildman–Crippen LogP) is 3.27. The maximum atomic E-state index is 12.1. The Balaban J connectivity index is 2.58. The summed E-state index contributed by atoms with van der Waals surface area (Å²) in [5.41, 5.74) is 1.05. The lowest BCUT2D eigenvalue weighted by Gasteiger charge is -2.12. The molecule has 0 aliphatic heterocycles. The van der Waals surface area contributed by atoms with Crippen molar-refractivity contribution in [2.75, 3.05) is 0 Å². The smallest absolute Gasteiger partial charge is 0.271 e. The van der Waals surface area contributed by atoms with Gasteiger partial charge in [0.1, 0.15) is 11.6 Å². The minimum absolute atomic E-state index is 0.0249. The highest BCUT2D eigenvalue weighted by atomic mass is 79.9. The van der Waals surface area contributed by atoms with Crippen LogP contribution in [0.4, 0.5) is 5.69 Å². The van der Waals surface area contributed by atoms with Crippen molar-refractivity contribution in [3.8, 4) is 11.9 Å². The standard InChI is InChI=1S/C16H14BrN3O2/c1-3-20-15(21)13(8-18)10(2)14(16(20)22)9-19-12-6-4-11(17)5-7-12/h4-7,9,22H,3H2,1-2H3. The fraction of sp³-hybridized carbons (Fsp3) is 0.188. The van der Waals surface area contributed by atoms with Gasteiger partial charge in [0, 0.05) is 17.2 Å². The van der Waals surface area contributed by atoms with E-state index in [1.807, 2.05) is 30.3 Å². The van der Waals surface area contributed by atoms with Crippen LogP contribution in [0.2, 0.25) is 0 Å². The lowest BCUT2D eigenvalue weighted by Crippen LogP contribution is -2.24. The zero-order valence-electron chi connectivity index (χ0n) is 12.2. The van der Waals surface area contributed by atoms with Gasteiger partial charge >= 0.3 is 0 Å². The summed E-state index contributed by atoms with van der Waals surface area (Å²) in [7, 11) is 0. The van der Waals surface area contributed by atoms with Crippen LogP contribution >= 0.6 is 15.9 Å². The zero-order chi connectivity index (χ0) is 16.3. The Hall–Kier alpha value is -2.39. The van der Waals surface area contributed by atoms with Crippen LogP contribution in [0.3, 0.4) is 0 Å². The maximum absolute atomic E-state index is 12.1. The summed E-state index contributed by atoms with van der Waals surface area (Å²) < 4.78 is 2.10. The second-order valence-corrected chi connectivity index (χ2v) is 5.55. The van der Waals surface area contributed by atoms with Crippen LogP contribution in [0.25, 0.3) is 0 Å². The van der Waals surface area contributed by atoms with Crippen LogP contribution in [0, 0.1) is 18.3 Å².